The van der Waals surface area contributed by atoms with Crippen LogP contribution in [-0.2, 0) is 19.5 Å². The second kappa shape index (κ2) is 9.86. The van der Waals surface area contributed by atoms with Gasteiger partial charge in [-0.2, -0.15) is 4.98 Å². The Bertz CT molecular complexity index is 1560. The molecule has 2 aliphatic heterocycles. The summed E-state index contributed by atoms with van der Waals surface area (Å²) in [4.78, 5) is 11.0. The average Bonchev–Trinajstić information content (AvgIpc) is 3.55. The van der Waals surface area contributed by atoms with Gasteiger partial charge in [-0.25, -0.2) is 31.3 Å². The van der Waals surface area contributed by atoms with E-state index in [-0.39, 0.29) is 36.4 Å². The number of rotatable bonds is 6. The van der Waals surface area contributed by atoms with E-state index in [9.17, 15) is 13.5 Å². The van der Waals surface area contributed by atoms with Crippen LogP contribution in [0.1, 0.15) is 24.8 Å². The van der Waals surface area contributed by atoms with Gasteiger partial charge in [0.05, 0.1) is 30.5 Å². The van der Waals surface area contributed by atoms with Crippen LogP contribution in [0.5, 0.6) is 6.01 Å². The average molecular weight is 567 g/mol. The van der Waals surface area contributed by atoms with Crippen molar-refractivity contribution in [1.29, 1.82) is 0 Å². The number of hydrogen-bond donors (Lipinski definition) is 3. The van der Waals surface area contributed by atoms with Crippen molar-refractivity contribution in [2.24, 2.45) is 0 Å². The standard InChI is InChI=1S/C25H25F3N4O6S/c1-39(34,35)32-13-4-2-11(3-5-13)12-6-14(26)20(15(27)7-12)21-16(28)8-17-24(30-21)31-25(29-17)38-19-10-37-22-18(33)9-36-23(19)22/h2,6-8,13,18-19,22-23,32-33H,3-5,9-10H2,1H3,(H,29,30,31)/t13?,18-,19-,22-,23-/m1/s1. The predicted octanol–water partition coefficient (Wildman–Crippen LogP) is 2.43. The number of aromatic amines is 1. The van der Waals surface area contributed by atoms with Crippen LogP contribution in [0, 0.1) is 17.5 Å². The molecule has 0 spiro atoms. The van der Waals surface area contributed by atoms with E-state index in [0.29, 0.717) is 30.4 Å². The number of fused-ring (bicyclic) bond motifs is 2. The first kappa shape index (κ1) is 26.2. The Morgan fingerprint density at radius 2 is 1.82 bits per heavy atom. The molecule has 2 saturated heterocycles. The molecule has 14 heteroatoms. The lowest BCUT2D eigenvalue weighted by atomic mass is 9.90. The van der Waals surface area contributed by atoms with Gasteiger partial charge in [0.2, 0.25) is 10.0 Å². The lowest BCUT2D eigenvalue weighted by Gasteiger charge is -2.22. The van der Waals surface area contributed by atoms with Gasteiger partial charge in [0.15, 0.2) is 17.6 Å². The largest absolute Gasteiger partial charge is 0.456 e. The highest BCUT2D eigenvalue weighted by atomic mass is 32.2. The van der Waals surface area contributed by atoms with Crippen molar-refractivity contribution in [2.75, 3.05) is 19.5 Å². The third kappa shape index (κ3) is 5.14. The number of nitrogens with zero attached hydrogens (tertiary/aromatic N) is 2. The van der Waals surface area contributed by atoms with Crippen molar-refractivity contribution >= 4 is 26.8 Å². The number of aliphatic hydroxyl groups excluding tert-OH is 1. The molecular formula is C25H25F3N4O6S. The lowest BCUT2D eigenvalue weighted by Crippen LogP contribution is -2.34. The van der Waals surface area contributed by atoms with Crippen LogP contribution >= 0.6 is 0 Å². The molecular weight excluding hydrogens is 541 g/mol. The molecule has 3 aromatic rings. The van der Waals surface area contributed by atoms with Crippen LogP contribution in [0.4, 0.5) is 13.2 Å². The number of aliphatic hydroxyl groups is 1. The van der Waals surface area contributed by atoms with Gasteiger partial charge in [-0.3, -0.25) is 0 Å². The Morgan fingerprint density at radius 3 is 2.51 bits per heavy atom. The molecule has 1 aromatic carbocycles. The molecule has 0 bridgehead atoms. The van der Waals surface area contributed by atoms with Gasteiger partial charge in [0.1, 0.15) is 35.6 Å². The van der Waals surface area contributed by atoms with E-state index < -0.39 is 63.1 Å². The minimum atomic E-state index is -3.36. The number of imidazole rings is 1. The number of nitrogens with one attached hydrogen (secondary N) is 2. The van der Waals surface area contributed by atoms with Crippen molar-refractivity contribution in [3.05, 3.63) is 47.3 Å². The Morgan fingerprint density at radius 1 is 1.08 bits per heavy atom. The van der Waals surface area contributed by atoms with Crippen LogP contribution in [0.3, 0.4) is 0 Å². The fourth-order valence-electron chi connectivity index (χ4n) is 5.31. The summed E-state index contributed by atoms with van der Waals surface area (Å²) >= 11 is 0. The van der Waals surface area contributed by atoms with E-state index in [0.717, 1.165) is 24.5 Å². The maximum absolute atomic E-state index is 15.2. The van der Waals surface area contributed by atoms with E-state index in [1.807, 2.05) is 0 Å². The number of benzene rings is 1. The molecule has 39 heavy (non-hydrogen) atoms. The van der Waals surface area contributed by atoms with Crippen LogP contribution < -0.4 is 9.46 Å². The van der Waals surface area contributed by atoms with E-state index in [4.69, 9.17) is 14.2 Å². The van der Waals surface area contributed by atoms with Crippen molar-refractivity contribution in [3.8, 4) is 17.3 Å². The van der Waals surface area contributed by atoms with Crippen LogP contribution in [0.2, 0.25) is 0 Å². The second-order valence-electron chi connectivity index (χ2n) is 9.96. The molecule has 10 nitrogen and oxygen atoms in total. The summed E-state index contributed by atoms with van der Waals surface area (Å²) in [7, 11) is -3.36. The first-order valence-corrected chi connectivity index (χ1v) is 14.2. The summed E-state index contributed by atoms with van der Waals surface area (Å²) in [5.41, 5.74) is -0.0519. The SMILES string of the molecule is CS(=O)(=O)NC1CC=C(c2cc(F)c(-c3nc4nc(O[C@@H]5CO[C@H]6[C@@H]5OC[C@H]6O)[nH]c4cc3F)c(F)c2)CC1. The summed E-state index contributed by atoms with van der Waals surface area (Å²) in [5.74, 6) is -2.95. The predicted molar refractivity (Wildman–Crippen MR) is 133 cm³/mol. The molecule has 0 saturated carbocycles. The first-order chi connectivity index (χ1) is 18.6. The van der Waals surface area contributed by atoms with E-state index in [2.05, 4.69) is 19.7 Å². The minimum Gasteiger partial charge on any atom is -0.456 e. The van der Waals surface area contributed by atoms with Crippen molar-refractivity contribution in [3.63, 3.8) is 0 Å². The fraction of sp³-hybridized carbons (Fsp3) is 0.440. The van der Waals surface area contributed by atoms with Gasteiger partial charge >= 0.3 is 0 Å². The number of allylic oxidation sites excluding steroid dienone is 1. The van der Waals surface area contributed by atoms with Crippen LogP contribution in [0.15, 0.2) is 24.3 Å². The molecule has 0 amide bonds. The number of H-pyrrole nitrogens is 1. The van der Waals surface area contributed by atoms with E-state index in [1.165, 1.54) is 0 Å². The normalized spacial score (nSPS) is 27.1. The fourth-order valence-corrected chi connectivity index (χ4v) is 6.13. The second-order valence-corrected chi connectivity index (χ2v) is 11.7. The maximum Gasteiger partial charge on any atom is 0.296 e. The minimum absolute atomic E-state index is 0.00233. The van der Waals surface area contributed by atoms with Gasteiger partial charge in [-0.15, -0.1) is 0 Å². The molecule has 2 aromatic heterocycles. The van der Waals surface area contributed by atoms with Gasteiger partial charge in [0.25, 0.3) is 6.01 Å². The Hall–Kier alpha value is -3.04. The summed E-state index contributed by atoms with van der Waals surface area (Å²) in [6.07, 6.45) is 1.77. The molecule has 208 valence electrons. The lowest BCUT2D eigenvalue weighted by molar-refractivity contribution is 0.00706. The molecule has 3 aliphatic rings. The topological polar surface area (TPSA) is 136 Å². The van der Waals surface area contributed by atoms with Crippen molar-refractivity contribution in [2.45, 2.75) is 49.7 Å². The maximum atomic E-state index is 15.2. The quantitative estimate of drug-likeness (QED) is 0.414. The summed E-state index contributed by atoms with van der Waals surface area (Å²) < 4.78 is 87.7. The summed E-state index contributed by atoms with van der Waals surface area (Å²) in [5, 5.41) is 9.88. The Kier molecular flexibility index (Phi) is 6.62. The molecule has 4 heterocycles. The summed E-state index contributed by atoms with van der Waals surface area (Å²) in [6.45, 7) is 0.282. The van der Waals surface area contributed by atoms with Crippen LogP contribution in [-0.4, -0.2) is 78.4 Å². The number of hydrogen-bond acceptors (Lipinski definition) is 8. The number of sulfonamides is 1. The molecule has 0 radical (unpaired) electrons. The molecule has 6 rings (SSSR count). The highest BCUT2D eigenvalue weighted by Crippen LogP contribution is 2.35. The molecule has 1 aliphatic carbocycles. The number of halogens is 3. The first-order valence-electron chi connectivity index (χ1n) is 12.4. The van der Waals surface area contributed by atoms with Gasteiger partial charge in [-0.1, -0.05) is 6.08 Å². The zero-order valence-electron chi connectivity index (χ0n) is 20.7. The van der Waals surface area contributed by atoms with Gasteiger partial charge < -0.3 is 24.3 Å². The number of ether oxygens (including phenoxy) is 3. The zero-order chi connectivity index (χ0) is 27.5. The Balaban J connectivity index is 1.24. The molecule has 3 N–H and O–H groups in total. The molecule has 2 fully saturated rings. The third-order valence-corrected chi connectivity index (χ3v) is 7.85. The van der Waals surface area contributed by atoms with E-state index >= 15 is 13.2 Å². The van der Waals surface area contributed by atoms with E-state index in [1.54, 1.807) is 6.08 Å². The highest BCUT2D eigenvalue weighted by molar-refractivity contribution is 7.88. The molecule has 5 atom stereocenters. The zero-order valence-corrected chi connectivity index (χ0v) is 21.5. The van der Waals surface area contributed by atoms with Crippen molar-refractivity contribution < 1.29 is 40.9 Å². The number of pyridine rings is 1. The third-order valence-electron chi connectivity index (χ3n) is 7.09. The van der Waals surface area contributed by atoms with Gasteiger partial charge in [0, 0.05) is 12.1 Å². The van der Waals surface area contributed by atoms with Crippen molar-refractivity contribution in [1.82, 2.24) is 19.7 Å². The van der Waals surface area contributed by atoms with Gasteiger partial charge in [-0.05, 0) is 42.5 Å². The van der Waals surface area contributed by atoms with Crippen LogP contribution in [0.25, 0.3) is 28.0 Å². The molecule has 1 unspecified atom stereocenters. The monoisotopic (exact) mass is 566 g/mol. The summed E-state index contributed by atoms with van der Waals surface area (Å²) in [6, 6.07) is 2.98. The highest BCUT2D eigenvalue weighted by Gasteiger charge is 2.48. The Labute approximate surface area is 221 Å². The smallest absolute Gasteiger partial charge is 0.296 e. The number of aromatic nitrogens is 3.